The number of carbonyl (C=O) groups is 1. The second-order valence-corrected chi connectivity index (χ2v) is 6.83. The lowest BCUT2D eigenvalue weighted by Crippen LogP contribution is -2.49. The first-order valence-corrected chi connectivity index (χ1v) is 7.97. The highest BCUT2D eigenvalue weighted by atomic mass is 32.2. The predicted octanol–water partition coefficient (Wildman–Crippen LogP) is -0.542. The van der Waals surface area contributed by atoms with E-state index in [4.69, 9.17) is 0 Å². The lowest BCUT2D eigenvalue weighted by Gasteiger charge is -2.27. The van der Waals surface area contributed by atoms with Crippen molar-refractivity contribution >= 4 is 27.3 Å². The molecule has 6 nitrogen and oxygen atoms in total. The first-order valence-electron chi connectivity index (χ1n) is 5.61. The summed E-state index contributed by atoms with van der Waals surface area (Å²) in [6, 6.07) is 3.18. The molecule has 1 saturated heterocycles. The lowest BCUT2D eigenvalue weighted by atomic mass is 10.3. The smallest absolute Gasteiger partial charge is 0.250 e. The van der Waals surface area contributed by atoms with E-state index in [0.29, 0.717) is 13.1 Å². The van der Waals surface area contributed by atoms with Gasteiger partial charge in [0, 0.05) is 26.2 Å². The number of amides is 1. The van der Waals surface area contributed by atoms with Crippen molar-refractivity contribution in [3.05, 3.63) is 17.5 Å². The molecule has 1 amide bonds. The predicted molar refractivity (Wildman–Crippen MR) is 69.0 cm³/mol. The monoisotopic (exact) mass is 289 g/mol. The van der Waals surface area contributed by atoms with Crippen molar-refractivity contribution in [2.75, 3.05) is 32.7 Å². The minimum absolute atomic E-state index is 0.180. The van der Waals surface area contributed by atoms with Gasteiger partial charge in [-0.15, -0.1) is 11.3 Å². The Morgan fingerprint density at radius 1 is 1.44 bits per heavy atom. The van der Waals surface area contributed by atoms with Crippen molar-refractivity contribution in [2.45, 2.75) is 4.21 Å². The average molecular weight is 289 g/mol. The van der Waals surface area contributed by atoms with Crippen molar-refractivity contribution in [1.29, 1.82) is 0 Å². The second-order valence-electron chi connectivity index (χ2n) is 3.89. The van der Waals surface area contributed by atoms with Crippen LogP contribution in [0.1, 0.15) is 0 Å². The lowest BCUT2D eigenvalue weighted by molar-refractivity contribution is -0.130. The van der Waals surface area contributed by atoms with Crippen molar-refractivity contribution in [2.24, 2.45) is 0 Å². The van der Waals surface area contributed by atoms with E-state index in [9.17, 15) is 13.2 Å². The maximum atomic E-state index is 11.8. The van der Waals surface area contributed by atoms with Crippen LogP contribution in [0.4, 0.5) is 0 Å². The highest BCUT2D eigenvalue weighted by molar-refractivity contribution is 7.91. The maximum Gasteiger partial charge on any atom is 0.250 e. The SMILES string of the molecule is O=C(CNS(=O)(=O)c1cccs1)N1CCNCC1. The summed E-state index contributed by atoms with van der Waals surface area (Å²) >= 11 is 1.13. The molecule has 0 aliphatic carbocycles. The zero-order valence-corrected chi connectivity index (χ0v) is 11.4. The summed E-state index contributed by atoms with van der Waals surface area (Å²) in [6.07, 6.45) is 0. The fraction of sp³-hybridized carbons (Fsp3) is 0.500. The maximum absolute atomic E-state index is 11.8. The minimum Gasteiger partial charge on any atom is -0.339 e. The molecule has 2 N–H and O–H groups in total. The van der Waals surface area contributed by atoms with Crippen LogP contribution in [0.5, 0.6) is 0 Å². The number of hydrogen-bond acceptors (Lipinski definition) is 5. The van der Waals surface area contributed by atoms with E-state index in [2.05, 4.69) is 10.0 Å². The molecule has 0 bridgehead atoms. The van der Waals surface area contributed by atoms with Crippen molar-refractivity contribution < 1.29 is 13.2 Å². The van der Waals surface area contributed by atoms with Crippen LogP contribution in [0.2, 0.25) is 0 Å². The molecule has 1 aromatic heterocycles. The molecule has 0 atom stereocenters. The molecule has 0 radical (unpaired) electrons. The molecule has 2 heterocycles. The molecule has 0 saturated carbocycles. The Hall–Kier alpha value is -0.960. The third kappa shape index (κ3) is 3.29. The van der Waals surface area contributed by atoms with E-state index in [1.807, 2.05) is 0 Å². The van der Waals surface area contributed by atoms with Gasteiger partial charge in [0.15, 0.2) is 0 Å². The third-order valence-electron chi connectivity index (χ3n) is 2.64. The van der Waals surface area contributed by atoms with Crippen LogP contribution < -0.4 is 10.0 Å². The molecule has 0 aromatic carbocycles. The van der Waals surface area contributed by atoms with Gasteiger partial charge in [0.2, 0.25) is 5.91 Å². The Bertz CT molecular complexity index is 492. The molecule has 1 fully saturated rings. The molecule has 18 heavy (non-hydrogen) atoms. The summed E-state index contributed by atoms with van der Waals surface area (Å²) in [5, 5.41) is 4.82. The summed E-state index contributed by atoms with van der Waals surface area (Å²) in [7, 11) is -3.55. The number of carbonyl (C=O) groups excluding carboxylic acids is 1. The van der Waals surface area contributed by atoms with E-state index in [1.165, 1.54) is 6.07 Å². The van der Waals surface area contributed by atoms with Crippen molar-refractivity contribution in [1.82, 2.24) is 14.9 Å². The van der Waals surface area contributed by atoms with E-state index >= 15 is 0 Å². The van der Waals surface area contributed by atoms with Crippen molar-refractivity contribution in [3.8, 4) is 0 Å². The molecule has 1 aliphatic rings. The van der Waals surface area contributed by atoms with Crippen LogP contribution in [0.25, 0.3) is 0 Å². The van der Waals surface area contributed by atoms with E-state index in [0.717, 1.165) is 24.4 Å². The Kier molecular flexibility index (Phi) is 4.33. The minimum atomic E-state index is -3.55. The molecule has 100 valence electrons. The van der Waals surface area contributed by atoms with E-state index in [-0.39, 0.29) is 16.7 Å². The number of nitrogens with zero attached hydrogens (tertiary/aromatic N) is 1. The van der Waals surface area contributed by atoms with Crippen LogP contribution in [-0.4, -0.2) is 51.9 Å². The molecule has 1 aromatic rings. The zero-order valence-electron chi connectivity index (χ0n) is 9.76. The topological polar surface area (TPSA) is 78.5 Å². The first kappa shape index (κ1) is 13.5. The van der Waals surface area contributed by atoms with Crippen LogP contribution in [-0.2, 0) is 14.8 Å². The van der Waals surface area contributed by atoms with Gasteiger partial charge in [0.1, 0.15) is 4.21 Å². The highest BCUT2D eigenvalue weighted by Gasteiger charge is 2.20. The number of hydrogen-bond donors (Lipinski definition) is 2. The number of thiophene rings is 1. The quantitative estimate of drug-likeness (QED) is 0.780. The molecule has 1 aliphatic heterocycles. The van der Waals surface area contributed by atoms with Crippen molar-refractivity contribution in [3.63, 3.8) is 0 Å². The summed E-state index contributed by atoms with van der Waals surface area (Å²) in [4.78, 5) is 13.4. The van der Waals surface area contributed by atoms with E-state index in [1.54, 1.807) is 16.3 Å². The fourth-order valence-corrected chi connectivity index (χ4v) is 3.68. The average Bonchev–Trinajstić information content (AvgIpc) is 2.92. The van der Waals surface area contributed by atoms with Gasteiger partial charge in [-0.2, -0.15) is 0 Å². The van der Waals surface area contributed by atoms with Crippen LogP contribution >= 0.6 is 11.3 Å². The Labute approximate surface area is 110 Å². The number of sulfonamides is 1. The van der Waals surface area contributed by atoms with Gasteiger partial charge in [0.25, 0.3) is 10.0 Å². The zero-order chi connectivity index (χ0) is 13.0. The third-order valence-corrected chi connectivity index (χ3v) is 5.44. The summed E-state index contributed by atoms with van der Waals surface area (Å²) in [6.45, 7) is 2.58. The van der Waals surface area contributed by atoms with Crippen LogP contribution in [0.15, 0.2) is 21.7 Å². The molecular formula is C10H15N3O3S2. The van der Waals surface area contributed by atoms with Gasteiger partial charge >= 0.3 is 0 Å². The Balaban J connectivity index is 1.89. The molecule has 8 heteroatoms. The largest absolute Gasteiger partial charge is 0.339 e. The first-order chi connectivity index (χ1) is 8.59. The highest BCUT2D eigenvalue weighted by Crippen LogP contribution is 2.14. The standard InChI is InChI=1S/C10H15N3O3S2/c14-9(13-5-3-11-4-6-13)8-12-18(15,16)10-2-1-7-17-10/h1-2,7,11-12H,3-6,8H2. The molecule has 0 spiro atoms. The van der Waals surface area contributed by atoms with Gasteiger partial charge in [-0.05, 0) is 11.4 Å². The normalized spacial score (nSPS) is 16.8. The van der Waals surface area contributed by atoms with Gasteiger partial charge in [-0.3, -0.25) is 4.79 Å². The molecule has 0 unspecified atom stereocenters. The molecular weight excluding hydrogens is 274 g/mol. The summed E-state index contributed by atoms with van der Waals surface area (Å²) in [5.41, 5.74) is 0. The van der Waals surface area contributed by atoms with E-state index < -0.39 is 10.0 Å². The summed E-state index contributed by atoms with van der Waals surface area (Å²) in [5.74, 6) is -0.184. The Morgan fingerprint density at radius 2 is 2.17 bits per heavy atom. The molecule has 2 rings (SSSR count). The van der Waals surface area contributed by atoms with Crippen LogP contribution in [0, 0.1) is 0 Å². The number of piperazine rings is 1. The van der Waals surface area contributed by atoms with Gasteiger partial charge in [-0.25, -0.2) is 13.1 Å². The number of nitrogens with one attached hydrogen (secondary N) is 2. The fourth-order valence-electron chi connectivity index (χ4n) is 1.67. The number of rotatable bonds is 4. The van der Waals surface area contributed by atoms with Gasteiger partial charge in [-0.1, -0.05) is 6.07 Å². The van der Waals surface area contributed by atoms with Gasteiger partial charge in [0.05, 0.1) is 6.54 Å². The summed E-state index contributed by atoms with van der Waals surface area (Å²) < 4.78 is 26.2. The van der Waals surface area contributed by atoms with Crippen LogP contribution in [0.3, 0.4) is 0 Å². The second kappa shape index (κ2) is 5.79. The van der Waals surface area contributed by atoms with Gasteiger partial charge < -0.3 is 10.2 Å². The Morgan fingerprint density at radius 3 is 2.78 bits per heavy atom.